The van der Waals surface area contributed by atoms with Gasteiger partial charge in [-0.25, -0.2) is 0 Å². The van der Waals surface area contributed by atoms with Crippen LogP contribution in [0.5, 0.6) is 5.75 Å². The topological polar surface area (TPSA) is 38.3 Å². The fourth-order valence-corrected chi connectivity index (χ4v) is 2.19. The van der Waals surface area contributed by atoms with Crippen molar-refractivity contribution in [3.8, 4) is 5.75 Å². The predicted octanol–water partition coefficient (Wildman–Crippen LogP) is 3.85. The summed E-state index contributed by atoms with van der Waals surface area (Å²) in [5, 5.41) is 2.88. The first-order valence-electron chi connectivity index (χ1n) is 7.39. The molecule has 0 bridgehead atoms. The van der Waals surface area contributed by atoms with Crippen molar-refractivity contribution in [2.24, 2.45) is 0 Å². The lowest BCUT2D eigenvalue weighted by Crippen LogP contribution is -2.23. The van der Waals surface area contributed by atoms with E-state index in [1.807, 2.05) is 31.2 Å². The minimum atomic E-state index is -2.83. The maximum atomic E-state index is 12.1. The molecule has 0 saturated carbocycles. The molecule has 3 nitrogen and oxygen atoms in total. The van der Waals surface area contributed by atoms with E-state index < -0.39 is 6.61 Å². The molecule has 2 aromatic carbocycles. The molecule has 1 N–H and O–H groups in total. The molecular weight excluding hydrogens is 300 g/mol. The van der Waals surface area contributed by atoms with Crippen LogP contribution in [-0.2, 0) is 17.8 Å². The van der Waals surface area contributed by atoms with Crippen LogP contribution in [0.2, 0.25) is 0 Å². The summed E-state index contributed by atoms with van der Waals surface area (Å²) in [6.07, 6.45) is 0.898. The molecule has 0 fully saturated rings. The normalized spacial score (nSPS) is 10.6. The van der Waals surface area contributed by atoms with Gasteiger partial charge in [0.15, 0.2) is 0 Å². The number of carbonyl (C=O) groups excluding carboxylic acids is 1. The van der Waals surface area contributed by atoms with Gasteiger partial charge >= 0.3 is 6.61 Å². The second kappa shape index (κ2) is 8.27. The highest BCUT2D eigenvalue weighted by Crippen LogP contribution is 2.15. The van der Waals surface area contributed by atoms with Crippen molar-refractivity contribution in [2.75, 3.05) is 0 Å². The van der Waals surface area contributed by atoms with E-state index in [2.05, 4.69) is 10.1 Å². The molecule has 5 heteroatoms. The zero-order valence-corrected chi connectivity index (χ0v) is 12.9. The van der Waals surface area contributed by atoms with E-state index in [-0.39, 0.29) is 11.7 Å². The van der Waals surface area contributed by atoms with E-state index in [9.17, 15) is 13.6 Å². The van der Waals surface area contributed by atoms with Gasteiger partial charge in [0, 0.05) is 13.0 Å². The third-order valence-electron chi connectivity index (χ3n) is 3.53. The van der Waals surface area contributed by atoms with E-state index in [0.29, 0.717) is 19.4 Å². The van der Waals surface area contributed by atoms with Crippen LogP contribution < -0.4 is 10.1 Å². The average Bonchev–Trinajstić information content (AvgIpc) is 2.53. The van der Waals surface area contributed by atoms with Gasteiger partial charge in [-0.05, 0) is 42.2 Å². The number of halogens is 2. The average molecular weight is 319 g/mol. The van der Waals surface area contributed by atoms with Crippen molar-refractivity contribution < 1.29 is 18.3 Å². The van der Waals surface area contributed by atoms with E-state index in [1.165, 1.54) is 12.1 Å². The summed E-state index contributed by atoms with van der Waals surface area (Å²) in [6, 6.07) is 14.2. The number of hydrogen-bond acceptors (Lipinski definition) is 2. The van der Waals surface area contributed by atoms with Gasteiger partial charge < -0.3 is 10.1 Å². The first-order valence-corrected chi connectivity index (χ1v) is 7.39. The Morgan fingerprint density at radius 3 is 2.48 bits per heavy atom. The number of ether oxygens (including phenoxy) is 1. The molecule has 0 heterocycles. The quantitative estimate of drug-likeness (QED) is 0.842. The summed E-state index contributed by atoms with van der Waals surface area (Å²) in [5.41, 5.74) is 3.13. The Hall–Kier alpha value is -2.43. The van der Waals surface area contributed by atoms with Crippen LogP contribution >= 0.6 is 0 Å². The lowest BCUT2D eigenvalue weighted by Gasteiger charge is -2.08. The second-order valence-corrected chi connectivity index (χ2v) is 5.23. The third kappa shape index (κ3) is 5.70. The number of benzene rings is 2. The summed E-state index contributed by atoms with van der Waals surface area (Å²) < 4.78 is 28.4. The molecule has 0 unspecified atom stereocenters. The molecule has 0 aliphatic rings. The summed E-state index contributed by atoms with van der Waals surface area (Å²) in [5.74, 6) is 0.0777. The molecule has 2 rings (SSSR count). The van der Waals surface area contributed by atoms with Gasteiger partial charge in [-0.1, -0.05) is 36.4 Å². The summed E-state index contributed by atoms with van der Waals surface area (Å²) in [6.45, 7) is -0.315. The van der Waals surface area contributed by atoms with Gasteiger partial charge in [-0.2, -0.15) is 8.78 Å². The highest BCUT2D eigenvalue weighted by atomic mass is 19.3. The second-order valence-electron chi connectivity index (χ2n) is 5.23. The summed E-state index contributed by atoms with van der Waals surface area (Å²) in [4.78, 5) is 11.9. The first-order chi connectivity index (χ1) is 11.0. The van der Waals surface area contributed by atoms with Crippen LogP contribution in [0.1, 0.15) is 23.1 Å². The van der Waals surface area contributed by atoms with Crippen molar-refractivity contribution in [3.05, 3.63) is 65.2 Å². The zero-order valence-electron chi connectivity index (χ0n) is 12.9. The number of amides is 1. The van der Waals surface area contributed by atoms with Crippen molar-refractivity contribution in [1.82, 2.24) is 5.32 Å². The summed E-state index contributed by atoms with van der Waals surface area (Å²) in [7, 11) is 0. The molecule has 0 atom stereocenters. The van der Waals surface area contributed by atoms with E-state index in [4.69, 9.17) is 0 Å². The van der Waals surface area contributed by atoms with Crippen molar-refractivity contribution in [2.45, 2.75) is 32.9 Å². The van der Waals surface area contributed by atoms with Gasteiger partial charge in [0.2, 0.25) is 5.91 Å². The van der Waals surface area contributed by atoms with Crippen molar-refractivity contribution in [1.29, 1.82) is 0 Å². The Morgan fingerprint density at radius 1 is 1.13 bits per heavy atom. The molecule has 122 valence electrons. The van der Waals surface area contributed by atoms with Gasteiger partial charge in [0.25, 0.3) is 0 Å². The highest BCUT2D eigenvalue weighted by Gasteiger charge is 2.06. The van der Waals surface area contributed by atoms with Crippen molar-refractivity contribution in [3.63, 3.8) is 0 Å². The monoisotopic (exact) mass is 319 g/mol. The Morgan fingerprint density at radius 2 is 1.83 bits per heavy atom. The van der Waals surface area contributed by atoms with E-state index >= 15 is 0 Å². The third-order valence-corrected chi connectivity index (χ3v) is 3.53. The Labute approximate surface area is 134 Å². The standard InChI is InChI=1S/C18H19F2NO2/c1-13-4-2-3-5-15(13)12-21-17(22)11-8-14-6-9-16(10-7-14)23-18(19)20/h2-7,9-10,18H,8,11-12H2,1H3,(H,21,22). The molecule has 0 saturated heterocycles. The number of nitrogens with one attached hydrogen (secondary N) is 1. The van der Waals surface area contributed by atoms with Crippen LogP contribution in [0.3, 0.4) is 0 Å². The SMILES string of the molecule is Cc1ccccc1CNC(=O)CCc1ccc(OC(F)F)cc1. The van der Waals surface area contributed by atoms with Crippen LogP contribution in [0.15, 0.2) is 48.5 Å². The lowest BCUT2D eigenvalue weighted by atomic mass is 10.1. The molecule has 0 aliphatic heterocycles. The Bertz CT molecular complexity index is 642. The zero-order chi connectivity index (χ0) is 16.7. The molecule has 0 radical (unpaired) electrons. The van der Waals surface area contributed by atoms with Crippen LogP contribution in [-0.4, -0.2) is 12.5 Å². The number of aryl methyl sites for hydroxylation is 2. The van der Waals surface area contributed by atoms with Crippen molar-refractivity contribution >= 4 is 5.91 Å². The number of hydrogen-bond donors (Lipinski definition) is 1. The van der Waals surface area contributed by atoms with E-state index in [1.54, 1.807) is 12.1 Å². The fraction of sp³-hybridized carbons (Fsp3) is 0.278. The Kier molecular flexibility index (Phi) is 6.09. The molecule has 0 aromatic heterocycles. The molecule has 0 aliphatic carbocycles. The number of carbonyl (C=O) groups is 1. The molecule has 0 spiro atoms. The van der Waals surface area contributed by atoms with Gasteiger partial charge in [-0.15, -0.1) is 0 Å². The minimum Gasteiger partial charge on any atom is -0.435 e. The van der Waals surface area contributed by atoms with Gasteiger partial charge in [0.05, 0.1) is 0 Å². The number of rotatable bonds is 7. The van der Waals surface area contributed by atoms with Crippen LogP contribution in [0.4, 0.5) is 8.78 Å². The minimum absolute atomic E-state index is 0.0406. The number of alkyl halides is 2. The van der Waals surface area contributed by atoms with E-state index in [0.717, 1.165) is 16.7 Å². The predicted molar refractivity (Wildman–Crippen MR) is 84.4 cm³/mol. The maximum Gasteiger partial charge on any atom is 0.387 e. The first kappa shape index (κ1) is 16.9. The molecule has 2 aromatic rings. The smallest absolute Gasteiger partial charge is 0.387 e. The summed E-state index contributed by atoms with van der Waals surface area (Å²) >= 11 is 0. The Balaban J connectivity index is 1.77. The van der Waals surface area contributed by atoms with Crippen LogP contribution in [0.25, 0.3) is 0 Å². The molecular formula is C18H19F2NO2. The molecule has 1 amide bonds. The van der Waals surface area contributed by atoms with Gasteiger partial charge in [-0.3, -0.25) is 4.79 Å². The highest BCUT2D eigenvalue weighted by molar-refractivity contribution is 5.76. The fourth-order valence-electron chi connectivity index (χ4n) is 2.19. The maximum absolute atomic E-state index is 12.1. The lowest BCUT2D eigenvalue weighted by molar-refractivity contribution is -0.121. The van der Waals surface area contributed by atoms with Crippen LogP contribution in [0, 0.1) is 6.92 Å². The largest absolute Gasteiger partial charge is 0.435 e. The molecule has 23 heavy (non-hydrogen) atoms. The van der Waals surface area contributed by atoms with Gasteiger partial charge in [0.1, 0.15) is 5.75 Å².